The summed E-state index contributed by atoms with van der Waals surface area (Å²) < 4.78 is 4.59. The Hall–Kier alpha value is -0.610. The smallest absolute Gasteiger partial charge is 0.322 e. The zero-order chi connectivity index (χ0) is 10.3. The molecule has 4 heteroatoms. The van der Waals surface area contributed by atoms with Crippen molar-refractivity contribution in [3.8, 4) is 0 Å². The van der Waals surface area contributed by atoms with Crippen molar-refractivity contribution in [1.82, 2.24) is 5.32 Å². The van der Waals surface area contributed by atoms with E-state index in [0.717, 1.165) is 0 Å². The average molecular weight is 189 g/mol. The average Bonchev–Trinajstić information content (AvgIpc) is 2.17. The quantitative estimate of drug-likeness (QED) is 0.590. The van der Waals surface area contributed by atoms with Crippen molar-refractivity contribution < 1.29 is 14.6 Å². The maximum Gasteiger partial charge on any atom is 0.322 e. The van der Waals surface area contributed by atoms with Crippen LogP contribution in [0.2, 0.25) is 0 Å². The number of ether oxygens (including phenoxy) is 1. The van der Waals surface area contributed by atoms with E-state index in [4.69, 9.17) is 0 Å². The van der Waals surface area contributed by atoms with Gasteiger partial charge in [0.1, 0.15) is 6.04 Å². The van der Waals surface area contributed by atoms with Crippen LogP contribution in [0.15, 0.2) is 0 Å². The largest absolute Gasteiger partial charge is 0.468 e. The molecule has 0 fully saturated rings. The summed E-state index contributed by atoms with van der Waals surface area (Å²) in [5.74, 6) is -0.272. The molecular weight excluding hydrogens is 170 g/mol. The van der Waals surface area contributed by atoms with Gasteiger partial charge in [-0.25, -0.2) is 0 Å². The Balaban J connectivity index is 3.78. The minimum Gasteiger partial charge on any atom is -0.468 e. The van der Waals surface area contributed by atoms with Gasteiger partial charge in [0.25, 0.3) is 0 Å². The first-order valence-corrected chi connectivity index (χ1v) is 4.64. The molecule has 0 saturated heterocycles. The summed E-state index contributed by atoms with van der Waals surface area (Å²) in [5, 5.41) is 12.2. The highest BCUT2D eigenvalue weighted by Gasteiger charge is 2.16. The summed E-state index contributed by atoms with van der Waals surface area (Å²) in [6.45, 7) is 4.22. The van der Waals surface area contributed by atoms with E-state index >= 15 is 0 Å². The van der Waals surface area contributed by atoms with Crippen molar-refractivity contribution in [2.45, 2.75) is 38.8 Å². The molecule has 0 saturated carbocycles. The topological polar surface area (TPSA) is 58.6 Å². The van der Waals surface area contributed by atoms with Crippen molar-refractivity contribution >= 4 is 5.97 Å². The van der Waals surface area contributed by atoms with Crippen LogP contribution < -0.4 is 5.32 Å². The Morgan fingerprint density at radius 1 is 1.46 bits per heavy atom. The number of rotatable bonds is 6. The van der Waals surface area contributed by atoms with E-state index in [-0.39, 0.29) is 12.0 Å². The third-order valence-electron chi connectivity index (χ3n) is 1.97. The number of hydrogen-bond donors (Lipinski definition) is 2. The standard InChI is InChI=1S/C9H19NO3/c1-4-7(11)6-10-8(5-2)9(12)13-3/h7-8,10-11H,4-6H2,1-3H3. The summed E-state index contributed by atoms with van der Waals surface area (Å²) in [6.07, 6.45) is 0.965. The summed E-state index contributed by atoms with van der Waals surface area (Å²) >= 11 is 0. The van der Waals surface area contributed by atoms with Crippen molar-refractivity contribution in [3.05, 3.63) is 0 Å². The Kier molecular flexibility index (Phi) is 6.54. The molecule has 2 atom stereocenters. The first-order chi connectivity index (χ1) is 6.15. The normalized spacial score (nSPS) is 15.1. The Morgan fingerprint density at radius 2 is 2.08 bits per heavy atom. The van der Waals surface area contributed by atoms with Gasteiger partial charge in [-0.1, -0.05) is 13.8 Å². The summed E-state index contributed by atoms with van der Waals surface area (Å²) in [7, 11) is 1.36. The highest BCUT2D eigenvalue weighted by Crippen LogP contribution is 1.95. The Morgan fingerprint density at radius 3 is 2.46 bits per heavy atom. The number of aliphatic hydroxyl groups is 1. The lowest BCUT2D eigenvalue weighted by atomic mass is 10.2. The second-order valence-electron chi connectivity index (χ2n) is 2.95. The van der Waals surface area contributed by atoms with Crippen molar-refractivity contribution in [2.24, 2.45) is 0 Å². The second kappa shape index (κ2) is 6.86. The van der Waals surface area contributed by atoms with Crippen LogP contribution in [0.5, 0.6) is 0 Å². The summed E-state index contributed by atoms with van der Waals surface area (Å²) in [4.78, 5) is 11.1. The van der Waals surface area contributed by atoms with E-state index < -0.39 is 6.10 Å². The number of carbonyl (C=O) groups is 1. The van der Waals surface area contributed by atoms with Crippen LogP contribution in [0, 0.1) is 0 Å². The van der Waals surface area contributed by atoms with Gasteiger partial charge in [-0.3, -0.25) is 4.79 Å². The van der Waals surface area contributed by atoms with Crippen LogP contribution in [0.3, 0.4) is 0 Å². The number of methoxy groups -OCH3 is 1. The van der Waals surface area contributed by atoms with Crippen LogP contribution >= 0.6 is 0 Å². The molecule has 2 N–H and O–H groups in total. The maximum absolute atomic E-state index is 11.1. The molecule has 0 spiro atoms. The van der Waals surface area contributed by atoms with Crippen LogP contribution in [-0.2, 0) is 9.53 Å². The molecule has 0 aliphatic heterocycles. The SMILES string of the molecule is CCC(O)CNC(CC)C(=O)OC. The molecule has 78 valence electrons. The van der Waals surface area contributed by atoms with E-state index in [0.29, 0.717) is 19.4 Å². The summed E-state index contributed by atoms with van der Waals surface area (Å²) in [6, 6.07) is -0.300. The van der Waals surface area contributed by atoms with E-state index in [2.05, 4.69) is 10.1 Å². The predicted octanol–water partition coefficient (Wildman–Crippen LogP) is 0.298. The van der Waals surface area contributed by atoms with E-state index in [1.165, 1.54) is 7.11 Å². The van der Waals surface area contributed by atoms with Gasteiger partial charge in [-0.2, -0.15) is 0 Å². The molecule has 0 radical (unpaired) electrons. The molecule has 0 aliphatic carbocycles. The van der Waals surface area contributed by atoms with Crippen molar-refractivity contribution in [1.29, 1.82) is 0 Å². The number of esters is 1. The van der Waals surface area contributed by atoms with Crippen LogP contribution in [0.4, 0.5) is 0 Å². The number of aliphatic hydroxyl groups excluding tert-OH is 1. The Bertz CT molecular complexity index is 150. The van der Waals surface area contributed by atoms with Gasteiger partial charge < -0.3 is 15.2 Å². The minimum atomic E-state index is -0.390. The molecule has 13 heavy (non-hydrogen) atoms. The van der Waals surface area contributed by atoms with Gasteiger partial charge in [0.2, 0.25) is 0 Å². The number of nitrogens with one attached hydrogen (secondary N) is 1. The van der Waals surface area contributed by atoms with Crippen LogP contribution in [-0.4, -0.2) is 36.9 Å². The first kappa shape index (κ1) is 12.4. The monoisotopic (exact) mass is 189 g/mol. The van der Waals surface area contributed by atoms with Gasteiger partial charge in [0.15, 0.2) is 0 Å². The molecule has 0 heterocycles. The van der Waals surface area contributed by atoms with E-state index in [1.54, 1.807) is 0 Å². The third kappa shape index (κ3) is 4.85. The van der Waals surface area contributed by atoms with Crippen LogP contribution in [0.1, 0.15) is 26.7 Å². The lowest BCUT2D eigenvalue weighted by molar-refractivity contribution is -0.143. The number of hydrogen-bond acceptors (Lipinski definition) is 4. The molecule has 0 aromatic rings. The van der Waals surface area contributed by atoms with Gasteiger partial charge in [0, 0.05) is 6.54 Å². The molecule has 0 aromatic carbocycles. The lowest BCUT2D eigenvalue weighted by Gasteiger charge is -2.16. The molecule has 0 aromatic heterocycles. The fraction of sp³-hybridized carbons (Fsp3) is 0.889. The van der Waals surface area contributed by atoms with Gasteiger partial charge in [-0.15, -0.1) is 0 Å². The van der Waals surface area contributed by atoms with Gasteiger partial charge in [-0.05, 0) is 12.8 Å². The molecular formula is C9H19NO3. The van der Waals surface area contributed by atoms with E-state index in [1.807, 2.05) is 13.8 Å². The molecule has 0 amide bonds. The zero-order valence-electron chi connectivity index (χ0n) is 8.54. The summed E-state index contributed by atoms with van der Waals surface area (Å²) in [5.41, 5.74) is 0. The minimum absolute atomic E-state index is 0.272. The zero-order valence-corrected chi connectivity index (χ0v) is 8.54. The Labute approximate surface area is 79.3 Å². The fourth-order valence-corrected chi connectivity index (χ4v) is 0.959. The molecule has 0 aliphatic rings. The molecule has 2 unspecified atom stereocenters. The maximum atomic E-state index is 11.1. The predicted molar refractivity (Wildman–Crippen MR) is 50.4 cm³/mol. The molecule has 0 rings (SSSR count). The second-order valence-corrected chi connectivity index (χ2v) is 2.95. The number of carbonyl (C=O) groups excluding carboxylic acids is 1. The highest BCUT2D eigenvalue weighted by atomic mass is 16.5. The molecule has 4 nitrogen and oxygen atoms in total. The lowest BCUT2D eigenvalue weighted by Crippen LogP contribution is -2.41. The van der Waals surface area contributed by atoms with E-state index in [9.17, 15) is 9.90 Å². The first-order valence-electron chi connectivity index (χ1n) is 4.64. The van der Waals surface area contributed by atoms with Crippen molar-refractivity contribution in [2.75, 3.05) is 13.7 Å². The third-order valence-corrected chi connectivity index (χ3v) is 1.97. The fourth-order valence-electron chi connectivity index (χ4n) is 0.959. The van der Waals surface area contributed by atoms with Gasteiger partial charge >= 0.3 is 5.97 Å². The van der Waals surface area contributed by atoms with Crippen LogP contribution in [0.25, 0.3) is 0 Å². The molecule has 0 bridgehead atoms. The highest BCUT2D eigenvalue weighted by molar-refractivity contribution is 5.75. The van der Waals surface area contributed by atoms with Crippen molar-refractivity contribution in [3.63, 3.8) is 0 Å². The van der Waals surface area contributed by atoms with Gasteiger partial charge in [0.05, 0.1) is 13.2 Å².